The number of likely N-dealkylation sites (N-methyl/N-ethyl adjacent to an activating group) is 1. The van der Waals surface area contributed by atoms with Crippen LogP contribution in [0, 0.1) is 6.92 Å². The van der Waals surface area contributed by atoms with Gasteiger partial charge in [0.05, 0.1) is 5.69 Å². The third-order valence-corrected chi connectivity index (χ3v) is 4.63. The zero-order valence-corrected chi connectivity index (χ0v) is 17.3. The number of aromatic nitrogens is 1. The van der Waals surface area contributed by atoms with Gasteiger partial charge in [0.2, 0.25) is 0 Å². The monoisotopic (exact) mass is 404 g/mol. The Labute approximate surface area is 167 Å². The summed E-state index contributed by atoms with van der Waals surface area (Å²) < 4.78 is 5.17. The van der Waals surface area contributed by atoms with Gasteiger partial charge in [0.1, 0.15) is 22.0 Å². The van der Waals surface area contributed by atoms with Crippen molar-refractivity contribution in [2.75, 3.05) is 13.6 Å². The zero-order chi connectivity index (χ0) is 20.9. The van der Waals surface area contributed by atoms with E-state index in [2.05, 4.69) is 15.8 Å². The molecule has 0 aliphatic rings. The molecule has 28 heavy (non-hydrogen) atoms. The zero-order valence-electron chi connectivity index (χ0n) is 16.5. The van der Waals surface area contributed by atoms with Crippen molar-refractivity contribution in [3.8, 4) is 10.6 Å². The number of hydrogen-bond donors (Lipinski definition) is 2. The van der Waals surface area contributed by atoms with E-state index in [1.165, 1.54) is 18.4 Å². The van der Waals surface area contributed by atoms with Crippen LogP contribution in [0.3, 0.4) is 0 Å². The summed E-state index contributed by atoms with van der Waals surface area (Å²) in [7, 11) is 1.44. The van der Waals surface area contributed by atoms with Crippen molar-refractivity contribution in [3.05, 3.63) is 40.9 Å². The number of nitrogens with zero attached hydrogens (tertiary/aromatic N) is 2. The molecule has 1 heterocycles. The molecule has 0 unspecified atom stereocenters. The first kappa shape index (κ1) is 21.4. The summed E-state index contributed by atoms with van der Waals surface area (Å²) >= 11 is 1.24. The van der Waals surface area contributed by atoms with Gasteiger partial charge in [-0.05, 0) is 27.7 Å². The van der Waals surface area contributed by atoms with Crippen LogP contribution >= 0.6 is 11.3 Å². The molecule has 0 fully saturated rings. The first-order valence-electron chi connectivity index (χ1n) is 8.63. The van der Waals surface area contributed by atoms with E-state index in [0.29, 0.717) is 10.6 Å². The van der Waals surface area contributed by atoms with Crippen LogP contribution in [0.15, 0.2) is 30.3 Å². The third-order valence-electron chi connectivity index (χ3n) is 3.42. The summed E-state index contributed by atoms with van der Waals surface area (Å²) in [6, 6.07) is 9.52. The van der Waals surface area contributed by atoms with E-state index in [1.54, 1.807) is 27.7 Å². The molecular weight excluding hydrogens is 380 g/mol. The van der Waals surface area contributed by atoms with E-state index >= 15 is 0 Å². The summed E-state index contributed by atoms with van der Waals surface area (Å²) in [5, 5.41) is 0.722. The Morgan fingerprint density at radius 3 is 2.39 bits per heavy atom. The smallest absolute Gasteiger partial charge is 0.410 e. The molecule has 9 heteroatoms. The standard InChI is InChI=1S/C19H24N4O4S/c1-12-15(28-17(20-12)13-9-7-6-8-10-13)16(25)22-21-14(24)11-23(5)18(26)27-19(2,3)4/h6-10H,11H2,1-5H3,(H,21,24)(H,22,25). The van der Waals surface area contributed by atoms with E-state index in [9.17, 15) is 14.4 Å². The number of carbonyl (C=O) groups is 3. The molecular formula is C19H24N4O4S. The summed E-state index contributed by atoms with van der Waals surface area (Å²) in [5.74, 6) is -1.02. The Morgan fingerprint density at radius 1 is 1.14 bits per heavy atom. The van der Waals surface area contributed by atoms with Gasteiger partial charge in [0.25, 0.3) is 11.8 Å². The summed E-state index contributed by atoms with van der Waals surface area (Å²) in [5.41, 5.74) is 5.48. The van der Waals surface area contributed by atoms with Crippen molar-refractivity contribution in [1.29, 1.82) is 0 Å². The number of ether oxygens (including phenoxy) is 1. The van der Waals surface area contributed by atoms with E-state index in [-0.39, 0.29) is 6.54 Å². The molecule has 0 spiro atoms. The quantitative estimate of drug-likeness (QED) is 0.763. The molecule has 1 aromatic heterocycles. The number of rotatable bonds is 4. The Bertz CT molecular complexity index is 859. The van der Waals surface area contributed by atoms with Gasteiger partial charge in [0.15, 0.2) is 0 Å². The Kier molecular flexibility index (Phi) is 6.74. The minimum absolute atomic E-state index is 0.258. The number of benzene rings is 1. The molecule has 8 nitrogen and oxygen atoms in total. The highest BCUT2D eigenvalue weighted by molar-refractivity contribution is 7.17. The van der Waals surface area contributed by atoms with E-state index in [4.69, 9.17) is 4.74 Å². The maximum absolute atomic E-state index is 12.4. The minimum atomic E-state index is -0.657. The molecule has 0 radical (unpaired) electrons. The fourth-order valence-corrected chi connectivity index (χ4v) is 3.12. The summed E-state index contributed by atoms with van der Waals surface area (Å²) in [6.07, 6.45) is -0.625. The molecule has 2 rings (SSSR count). The second kappa shape index (κ2) is 8.83. The van der Waals surface area contributed by atoms with E-state index < -0.39 is 23.5 Å². The Hall–Kier alpha value is -2.94. The van der Waals surface area contributed by atoms with Crippen molar-refractivity contribution in [3.63, 3.8) is 0 Å². The number of hydrogen-bond acceptors (Lipinski definition) is 6. The first-order chi connectivity index (χ1) is 13.1. The molecule has 0 saturated heterocycles. The van der Waals surface area contributed by atoms with Crippen molar-refractivity contribution >= 4 is 29.2 Å². The predicted molar refractivity (Wildman–Crippen MR) is 107 cm³/mol. The highest BCUT2D eigenvalue weighted by atomic mass is 32.1. The van der Waals surface area contributed by atoms with E-state index in [0.717, 1.165) is 15.5 Å². The van der Waals surface area contributed by atoms with Gasteiger partial charge in [-0.1, -0.05) is 30.3 Å². The fraction of sp³-hybridized carbons (Fsp3) is 0.368. The number of nitrogens with one attached hydrogen (secondary N) is 2. The highest BCUT2D eigenvalue weighted by Gasteiger charge is 2.22. The molecule has 0 bridgehead atoms. The second-order valence-corrected chi connectivity index (χ2v) is 8.14. The number of amides is 3. The molecule has 2 N–H and O–H groups in total. The third kappa shape index (κ3) is 6.05. The van der Waals surface area contributed by atoms with Crippen LogP contribution in [-0.2, 0) is 9.53 Å². The average molecular weight is 404 g/mol. The van der Waals surface area contributed by atoms with Gasteiger partial charge in [-0.2, -0.15) is 0 Å². The molecule has 150 valence electrons. The van der Waals surface area contributed by atoms with Gasteiger partial charge < -0.3 is 9.64 Å². The summed E-state index contributed by atoms with van der Waals surface area (Å²) in [4.78, 5) is 42.1. The Morgan fingerprint density at radius 2 is 1.79 bits per heavy atom. The molecule has 0 aliphatic heterocycles. The first-order valence-corrected chi connectivity index (χ1v) is 9.44. The van der Waals surface area contributed by atoms with Crippen LogP contribution in [0.2, 0.25) is 0 Å². The maximum Gasteiger partial charge on any atom is 0.410 e. The van der Waals surface area contributed by atoms with Gasteiger partial charge in [-0.15, -0.1) is 11.3 Å². The average Bonchev–Trinajstić information content (AvgIpc) is 3.01. The Balaban J connectivity index is 1.91. The van der Waals surface area contributed by atoms with Gasteiger partial charge >= 0.3 is 6.09 Å². The molecule has 0 atom stereocenters. The van der Waals surface area contributed by atoms with Gasteiger partial charge in [-0.3, -0.25) is 20.4 Å². The van der Waals surface area contributed by atoms with Crippen molar-refractivity contribution in [1.82, 2.24) is 20.7 Å². The number of hydrazine groups is 1. The summed E-state index contributed by atoms with van der Waals surface area (Å²) in [6.45, 7) is 6.68. The SMILES string of the molecule is Cc1nc(-c2ccccc2)sc1C(=O)NNC(=O)CN(C)C(=O)OC(C)(C)C. The second-order valence-electron chi connectivity index (χ2n) is 7.14. The minimum Gasteiger partial charge on any atom is -0.444 e. The van der Waals surface area contributed by atoms with Crippen LogP contribution in [-0.4, -0.2) is 47.0 Å². The largest absolute Gasteiger partial charge is 0.444 e. The fourth-order valence-electron chi connectivity index (χ4n) is 2.15. The molecule has 0 aliphatic carbocycles. The number of aryl methyl sites for hydroxylation is 1. The lowest BCUT2D eigenvalue weighted by atomic mass is 10.2. The van der Waals surface area contributed by atoms with Gasteiger partial charge in [-0.25, -0.2) is 9.78 Å². The van der Waals surface area contributed by atoms with Crippen molar-refractivity contribution < 1.29 is 19.1 Å². The maximum atomic E-state index is 12.4. The van der Waals surface area contributed by atoms with Crippen LogP contribution < -0.4 is 10.9 Å². The lowest BCUT2D eigenvalue weighted by molar-refractivity contribution is -0.122. The van der Waals surface area contributed by atoms with Gasteiger partial charge in [0, 0.05) is 12.6 Å². The van der Waals surface area contributed by atoms with Crippen LogP contribution in [0.1, 0.15) is 36.1 Å². The van der Waals surface area contributed by atoms with Crippen molar-refractivity contribution in [2.45, 2.75) is 33.3 Å². The number of thiazole rings is 1. The molecule has 1 aromatic carbocycles. The predicted octanol–water partition coefficient (Wildman–Crippen LogP) is 2.75. The lowest BCUT2D eigenvalue weighted by Crippen LogP contribution is -2.47. The highest BCUT2D eigenvalue weighted by Crippen LogP contribution is 2.27. The van der Waals surface area contributed by atoms with Crippen molar-refractivity contribution in [2.24, 2.45) is 0 Å². The molecule has 3 amide bonds. The topological polar surface area (TPSA) is 101 Å². The lowest BCUT2D eigenvalue weighted by Gasteiger charge is -2.24. The molecule has 2 aromatic rings. The normalized spacial score (nSPS) is 10.9. The molecule has 0 saturated carbocycles. The number of carbonyl (C=O) groups excluding carboxylic acids is 3. The van der Waals surface area contributed by atoms with Crippen LogP contribution in [0.25, 0.3) is 10.6 Å². The van der Waals surface area contributed by atoms with E-state index in [1.807, 2.05) is 30.3 Å². The van der Waals surface area contributed by atoms with Crippen LogP contribution in [0.4, 0.5) is 4.79 Å². The van der Waals surface area contributed by atoms with Crippen LogP contribution in [0.5, 0.6) is 0 Å².